The molecule has 1 heterocycles. The summed E-state index contributed by atoms with van der Waals surface area (Å²) in [6.45, 7) is 0.247. The van der Waals surface area contributed by atoms with Gasteiger partial charge in [0.05, 0.1) is 11.5 Å². The Labute approximate surface area is 108 Å². The molecule has 0 saturated carbocycles. The minimum atomic E-state index is -0.523. The van der Waals surface area contributed by atoms with Crippen molar-refractivity contribution in [2.45, 2.75) is 6.04 Å². The number of nitro benzene ring substituents is 1. The van der Waals surface area contributed by atoms with Crippen molar-refractivity contribution < 1.29 is 14.2 Å². The van der Waals surface area contributed by atoms with Crippen LogP contribution < -0.4 is 5.73 Å². The molecule has 0 saturated heterocycles. The van der Waals surface area contributed by atoms with E-state index in [1.54, 1.807) is 12.1 Å². The lowest BCUT2D eigenvalue weighted by Crippen LogP contribution is -2.16. The van der Waals surface area contributed by atoms with Crippen LogP contribution in [-0.2, 0) is 4.74 Å². The fourth-order valence-corrected chi connectivity index (χ4v) is 1.51. The maximum Gasteiger partial charge on any atom is 0.270 e. The molecular weight excluding hydrogens is 252 g/mol. The van der Waals surface area contributed by atoms with E-state index in [4.69, 9.17) is 15.0 Å². The summed E-state index contributed by atoms with van der Waals surface area (Å²) in [4.78, 5) is 14.3. The van der Waals surface area contributed by atoms with Gasteiger partial charge >= 0.3 is 0 Å². The second kappa shape index (κ2) is 5.55. The standard InChI is InChI=1S/C11H12N4O4/c1-18-6-9(12)11-13-10(14-19-11)7-3-2-4-8(5-7)15(16)17/h2-5,9H,6,12H2,1H3. The summed E-state index contributed by atoms with van der Waals surface area (Å²) in [7, 11) is 1.51. The van der Waals surface area contributed by atoms with Crippen molar-refractivity contribution in [3.05, 3.63) is 40.3 Å². The van der Waals surface area contributed by atoms with Crippen LogP contribution in [0.2, 0.25) is 0 Å². The fraction of sp³-hybridized carbons (Fsp3) is 0.273. The zero-order chi connectivity index (χ0) is 13.8. The Balaban J connectivity index is 2.27. The largest absolute Gasteiger partial charge is 0.383 e. The Morgan fingerprint density at radius 1 is 1.58 bits per heavy atom. The van der Waals surface area contributed by atoms with Crippen molar-refractivity contribution in [2.24, 2.45) is 5.73 Å². The molecule has 2 aromatic rings. The number of rotatable bonds is 5. The molecule has 0 fully saturated rings. The predicted octanol–water partition coefficient (Wildman–Crippen LogP) is 1.29. The van der Waals surface area contributed by atoms with Gasteiger partial charge in [-0.25, -0.2) is 0 Å². The van der Waals surface area contributed by atoms with E-state index in [0.29, 0.717) is 5.56 Å². The fourth-order valence-electron chi connectivity index (χ4n) is 1.51. The zero-order valence-electron chi connectivity index (χ0n) is 10.1. The number of nitro groups is 1. The molecule has 8 nitrogen and oxygen atoms in total. The second-order valence-electron chi connectivity index (χ2n) is 3.83. The van der Waals surface area contributed by atoms with Crippen LogP contribution in [0.1, 0.15) is 11.9 Å². The Hall–Kier alpha value is -2.32. The van der Waals surface area contributed by atoms with Crippen LogP contribution in [0.3, 0.4) is 0 Å². The van der Waals surface area contributed by atoms with Crippen molar-refractivity contribution in [3.8, 4) is 11.4 Å². The molecule has 1 atom stereocenters. The van der Waals surface area contributed by atoms with Crippen molar-refractivity contribution >= 4 is 5.69 Å². The topological polar surface area (TPSA) is 117 Å². The molecule has 2 N–H and O–H groups in total. The molecule has 0 amide bonds. The third kappa shape index (κ3) is 2.92. The summed E-state index contributed by atoms with van der Waals surface area (Å²) in [5.41, 5.74) is 6.20. The van der Waals surface area contributed by atoms with Gasteiger partial charge in [0.2, 0.25) is 11.7 Å². The maximum atomic E-state index is 10.7. The van der Waals surface area contributed by atoms with E-state index in [-0.39, 0.29) is 24.0 Å². The monoisotopic (exact) mass is 264 g/mol. The van der Waals surface area contributed by atoms with Crippen LogP contribution in [-0.4, -0.2) is 28.8 Å². The van der Waals surface area contributed by atoms with Gasteiger partial charge in [-0.05, 0) is 0 Å². The van der Waals surface area contributed by atoms with E-state index in [1.807, 2.05) is 0 Å². The van der Waals surface area contributed by atoms with Crippen LogP contribution in [0, 0.1) is 10.1 Å². The minimum Gasteiger partial charge on any atom is -0.383 e. The first-order chi connectivity index (χ1) is 9.11. The van der Waals surface area contributed by atoms with Gasteiger partial charge in [-0.3, -0.25) is 10.1 Å². The lowest BCUT2D eigenvalue weighted by molar-refractivity contribution is -0.384. The Morgan fingerprint density at radius 2 is 2.37 bits per heavy atom. The normalized spacial score (nSPS) is 12.3. The smallest absolute Gasteiger partial charge is 0.270 e. The van der Waals surface area contributed by atoms with Crippen LogP contribution in [0.25, 0.3) is 11.4 Å². The molecule has 0 aliphatic heterocycles. The molecule has 0 spiro atoms. The number of aromatic nitrogens is 2. The number of nitrogens with zero attached hydrogens (tertiary/aromatic N) is 3. The molecule has 100 valence electrons. The Morgan fingerprint density at radius 3 is 3.05 bits per heavy atom. The summed E-state index contributed by atoms with van der Waals surface area (Å²) < 4.78 is 9.88. The summed E-state index contributed by atoms with van der Waals surface area (Å²) in [6, 6.07) is 5.45. The van der Waals surface area contributed by atoms with E-state index in [0.717, 1.165) is 0 Å². The van der Waals surface area contributed by atoms with E-state index in [2.05, 4.69) is 10.1 Å². The molecular formula is C11H12N4O4. The molecule has 1 aromatic carbocycles. The van der Waals surface area contributed by atoms with Crippen molar-refractivity contribution in [3.63, 3.8) is 0 Å². The molecule has 2 rings (SSSR count). The average Bonchev–Trinajstić information content (AvgIpc) is 2.89. The highest BCUT2D eigenvalue weighted by molar-refractivity contribution is 5.58. The summed E-state index contributed by atoms with van der Waals surface area (Å²) in [6.07, 6.45) is 0. The van der Waals surface area contributed by atoms with Gasteiger partial charge in [-0.2, -0.15) is 4.98 Å². The van der Waals surface area contributed by atoms with Gasteiger partial charge in [0.25, 0.3) is 5.69 Å². The Kier molecular flexibility index (Phi) is 3.83. The number of hydrogen-bond donors (Lipinski definition) is 1. The summed E-state index contributed by atoms with van der Waals surface area (Å²) in [5, 5.41) is 14.4. The number of hydrogen-bond acceptors (Lipinski definition) is 7. The number of nitrogens with two attached hydrogens (primary N) is 1. The van der Waals surface area contributed by atoms with E-state index >= 15 is 0 Å². The zero-order valence-corrected chi connectivity index (χ0v) is 10.1. The van der Waals surface area contributed by atoms with Crippen molar-refractivity contribution in [2.75, 3.05) is 13.7 Å². The molecule has 0 radical (unpaired) electrons. The SMILES string of the molecule is COCC(N)c1nc(-c2cccc([N+](=O)[O-])c2)no1. The number of benzene rings is 1. The molecule has 8 heteroatoms. The lowest BCUT2D eigenvalue weighted by atomic mass is 10.2. The van der Waals surface area contributed by atoms with Gasteiger partial charge in [0, 0.05) is 24.8 Å². The highest BCUT2D eigenvalue weighted by atomic mass is 16.6. The van der Waals surface area contributed by atoms with Crippen molar-refractivity contribution in [1.29, 1.82) is 0 Å². The molecule has 1 unspecified atom stereocenters. The molecule has 19 heavy (non-hydrogen) atoms. The lowest BCUT2D eigenvalue weighted by Gasteiger charge is -2.02. The van der Waals surface area contributed by atoms with Gasteiger partial charge in [-0.15, -0.1) is 0 Å². The number of methoxy groups -OCH3 is 1. The first-order valence-electron chi connectivity index (χ1n) is 5.44. The number of ether oxygens (including phenoxy) is 1. The minimum absolute atomic E-state index is 0.0370. The van der Waals surface area contributed by atoms with Gasteiger partial charge < -0.3 is 15.0 Å². The number of non-ortho nitro benzene ring substituents is 1. The van der Waals surface area contributed by atoms with Crippen LogP contribution in [0.15, 0.2) is 28.8 Å². The van der Waals surface area contributed by atoms with Crippen molar-refractivity contribution in [1.82, 2.24) is 10.1 Å². The molecule has 0 aliphatic rings. The molecule has 0 bridgehead atoms. The first-order valence-corrected chi connectivity index (χ1v) is 5.44. The highest BCUT2D eigenvalue weighted by Crippen LogP contribution is 2.22. The average molecular weight is 264 g/mol. The summed E-state index contributed by atoms with van der Waals surface area (Å²) in [5.74, 6) is 0.480. The van der Waals surface area contributed by atoms with E-state index < -0.39 is 11.0 Å². The van der Waals surface area contributed by atoms with Gasteiger partial charge in [0.15, 0.2) is 0 Å². The van der Waals surface area contributed by atoms with E-state index in [9.17, 15) is 10.1 Å². The summed E-state index contributed by atoms with van der Waals surface area (Å²) >= 11 is 0. The van der Waals surface area contributed by atoms with Crippen LogP contribution in [0.4, 0.5) is 5.69 Å². The quantitative estimate of drug-likeness (QED) is 0.638. The van der Waals surface area contributed by atoms with E-state index in [1.165, 1.54) is 19.2 Å². The first kappa shape index (κ1) is 13.1. The highest BCUT2D eigenvalue weighted by Gasteiger charge is 2.16. The Bertz CT molecular complexity index is 584. The maximum absolute atomic E-state index is 10.7. The third-order valence-corrected chi connectivity index (χ3v) is 2.42. The third-order valence-electron chi connectivity index (χ3n) is 2.42. The molecule has 0 aliphatic carbocycles. The second-order valence-corrected chi connectivity index (χ2v) is 3.83. The van der Waals surface area contributed by atoms with Gasteiger partial charge in [-0.1, -0.05) is 17.3 Å². The van der Waals surface area contributed by atoms with Crippen LogP contribution >= 0.6 is 0 Å². The van der Waals surface area contributed by atoms with Crippen LogP contribution in [0.5, 0.6) is 0 Å². The predicted molar refractivity (Wildman–Crippen MR) is 65.2 cm³/mol. The van der Waals surface area contributed by atoms with Gasteiger partial charge in [0.1, 0.15) is 6.04 Å². The molecule has 1 aromatic heterocycles.